The van der Waals surface area contributed by atoms with Crippen molar-refractivity contribution < 1.29 is 12.4 Å². The van der Waals surface area contributed by atoms with Gasteiger partial charge in [-0.1, -0.05) is 45.4 Å². The van der Waals surface area contributed by atoms with Gasteiger partial charge < -0.3 is 0 Å². The first-order valence-corrected chi connectivity index (χ1v) is 10.4. The van der Waals surface area contributed by atoms with E-state index in [4.69, 9.17) is 0 Å². The van der Waals surface area contributed by atoms with Crippen molar-refractivity contribution in [3.05, 3.63) is 0 Å². The van der Waals surface area contributed by atoms with Crippen LogP contribution in [0.25, 0.3) is 0 Å². The predicted molar refractivity (Wildman–Crippen MR) is 92.1 cm³/mol. The first-order chi connectivity index (χ1) is 10.8. The van der Waals surface area contributed by atoms with Gasteiger partial charge in [0.2, 0.25) is 0 Å². The minimum atomic E-state index is -1.37. The third-order valence-corrected chi connectivity index (χ3v) is 4.52. The van der Waals surface area contributed by atoms with Crippen molar-refractivity contribution in [1.82, 2.24) is 0 Å². The Morgan fingerprint density at radius 1 is 0.682 bits per heavy atom. The van der Waals surface area contributed by atoms with Crippen LogP contribution in [0.5, 0.6) is 0 Å². The van der Waals surface area contributed by atoms with E-state index < -0.39 is 15.5 Å². The van der Waals surface area contributed by atoms with Crippen LogP contribution in [0.1, 0.15) is 110 Å². The summed E-state index contributed by atoms with van der Waals surface area (Å²) in [4.78, 5) is 11.0. The van der Waals surface area contributed by atoms with Gasteiger partial charge in [-0.05, 0) is 0 Å². The summed E-state index contributed by atoms with van der Waals surface area (Å²) in [6.07, 6.45) is 20.2. The van der Waals surface area contributed by atoms with Crippen molar-refractivity contribution in [2.45, 2.75) is 110 Å². The van der Waals surface area contributed by atoms with Crippen molar-refractivity contribution in [1.29, 1.82) is 0 Å². The molecule has 0 bridgehead atoms. The van der Waals surface area contributed by atoms with Crippen LogP contribution in [0, 0.1) is 0 Å². The van der Waals surface area contributed by atoms with E-state index in [9.17, 15) is 8.60 Å². The van der Waals surface area contributed by atoms with E-state index in [-0.39, 0.29) is 5.97 Å². The first kappa shape index (κ1) is 21.8. The van der Waals surface area contributed by atoms with Crippen molar-refractivity contribution in [3.8, 4) is 0 Å². The van der Waals surface area contributed by atoms with Gasteiger partial charge in [0, 0.05) is 0 Å². The quantitative estimate of drug-likeness (QED) is 0.252. The van der Waals surface area contributed by atoms with E-state index in [2.05, 4.69) is 10.7 Å². The number of hydrogen-bond acceptors (Lipinski definition) is 3. The molecule has 0 fully saturated rings. The number of hydrogen-bond donors (Lipinski definition) is 0. The van der Waals surface area contributed by atoms with Crippen molar-refractivity contribution in [2.24, 2.45) is 0 Å². The zero-order valence-corrected chi connectivity index (χ0v) is 15.8. The maximum atomic E-state index is 11.0. The number of carbonyl (C=O) groups excluding carboxylic acids is 1. The monoisotopic (exact) mass is 326 g/mol. The van der Waals surface area contributed by atoms with Gasteiger partial charge in [-0.3, -0.25) is 0 Å². The van der Waals surface area contributed by atoms with Gasteiger partial charge in [0.15, 0.2) is 0 Å². The molecule has 0 aromatic rings. The molecule has 0 aromatic carbocycles. The standard InChI is InChI=1S/C18H36O2.Al.O/c1-2-3-4-5-6-7-8-9-10-11-12-13-14-15-16-17-18(19)20;;/h2-17H2,1H3,(H,19,20);;/q;+1;/p-1. The van der Waals surface area contributed by atoms with Crippen LogP contribution in [0.2, 0.25) is 0 Å². The molecule has 0 aliphatic carbocycles. The molecule has 0 aromatic heterocycles. The summed E-state index contributed by atoms with van der Waals surface area (Å²) < 4.78 is 14.6. The molecule has 0 radical (unpaired) electrons. The van der Waals surface area contributed by atoms with Gasteiger partial charge in [0.05, 0.1) is 0 Å². The zero-order valence-electron chi connectivity index (χ0n) is 14.6. The molecule has 0 unspecified atom stereocenters. The van der Waals surface area contributed by atoms with Gasteiger partial charge in [0.25, 0.3) is 0 Å². The second-order valence-electron chi connectivity index (χ2n) is 6.29. The maximum absolute atomic E-state index is 11.0. The molecule has 0 aliphatic heterocycles. The summed E-state index contributed by atoms with van der Waals surface area (Å²) in [5.41, 5.74) is 0. The van der Waals surface area contributed by atoms with Gasteiger partial charge in [-0.15, -0.1) is 0 Å². The van der Waals surface area contributed by atoms with Gasteiger partial charge in [-0.25, -0.2) is 0 Å². The first-order valence-electron chi connectivity index (χ1n) is 9.44. The second-order valence-corrected chi connectivity index (χ2v) is 6.71. The fourth-order valence-corrected chi connectivity index (χ4v) is 2.98. The Hall–Kier alpha value is -0.198. The molecule has 4 heteroatoms. The van der Waals surface area contributed by atoms with Crippen LogP contribution in [-0.2, 0) is 12.4 Å². The molecule has 0 rings (SSSR count). The Bertz CT molecular complexity index is 257. The molecule has 22 heavy (non-hydrogen) atoms. The summed E-state index contributed by atoms with van der Waals surface area (Å²) in [6, 6.07) is 0. The Morgan fingerprint density at radius 3 is 1.41 bits per heavy atom. The van der Waals surface area contributed by atoms with E-state index >= 15 is 0 Å². The van der Waals surface area contributed by atoms with Crippen LogP contribution >= 0.6 is 0 Å². The molecular formula is C18H35AlO3. The van der Waals surface area contributed by atoms with Crippen LogP contribution < -0.4 is 0 Å². The average molecular weight is 326 g/mol. The molecule has 0 saturated heterocycles. The minimum absolute atomic E-state index is 0.306. The van der Waals surface area contributed by atoms with E-state index in [0.717, 1.165) is 12.8 Å². The van der Waals surface area contributed by atoms with E-state index in [1.54, 1.807) is 0 Å². The normalized spacial score (nSPS) is 10.4. The summed E-state index contributed by atoms with van der Waals surface area (Å²) in [5, 5.41) is 0. The number of unbranched alkanes of at least 4 members (excludes halogenated alkanes) is 14. The SMILES string of the molecule is CCCCCCCCCCCCCCCCCC(=O)[O][Al]=[O]. The molecule has 0 N–H and O–H groups in total. The van der Waals surface area contributed by atoms with Gasteiger partial charge in [-0.2, -0.15) is 0 Å². The van der Waals surface area contributed by atoms with E-state index in [1.165, 1.54) is 83.5 Å². The molecular weight excluding hydrogens is 291 g/mol. The molecule has 0 atom stereocenters. The van der Waals surface area contributed by atoms with Crippen molar-refractivity contribution in [2.75, 3.05) is 0 Å². The number of carbonyl (C=O) groups is 1. The molecule has 0 spiro atoms. The van der Waals surface area contributed by atoms with Gasteiger partial charge >= 0.3 is 98.1 Å². The topological polar surface area (TPSA) is 43.4 Å². The Balaban J connectivity index is 3.02. The van der Waals surface area contributed by atoms with Crippen molar-refractivity contribution >= 4 is 21.5 Å². The summed E-state index contributed by atoms with van der Waals surface area (Å²) in [6.45, 7) is 2.27. The van der Waals surface area contributed by atoms with Crippen molar-refractivity contribution in [3.63, 3.8) is 0 Å². The molecule has 128 valence electrons. The average Bonchev–Trinajstić information content (AvgIpc) is 2.51. The van der Waals surface area contributed by atoms with Crippen LogP contribution in [0.3, 0.4) is 0 Å². The van der Waals surface area contributed by atoms with Crippen LogP contribution in [0.4, 0.5) is 0 Å². The summed E-state index contributed by atoms with van der Waals surface area (Å²) in [5.74, 6) is -0.306. The summed E-state index contributed by atoms with van der Waals surface area (Å²) >= 11 is -1.37. The molecule has 3 nitrogen and oxygen atoms in total. The Labute approximate surface area is 143 Å². The molecule has 0 aliphatic rings. The molecule has 0 heterocycles. The van der Waals surface area contributed by atoms with E-state index in [0.29, 0.717) is 6.42 Å². The number of rotatable bonds is 17. The van der Waals surface area contributed by atoms with E-state index in [1.807, 2.05) is 0 Å². The van der Waals surface area contributed by atoms with Crippen LogP contribution in [0.15, 0.2) is 0 Å². The third kappa shape index (κ3) is 17.9. The molecule has 0 saturated carbocycles. The van der Waals surface area contributed by atoms with Crippen LogP contribution in [-0.4, -0.2) is 21.5 Å². The summed E-state index contributed by atoms with van der Waals surface area (Å²) in [7, 11) is 0. The Kier molecular flexibility index (Phi) is 18.7. The third-order valence-electron chi connectivity index (χ3n) is 4.16. The predicted octanol–water partition coefficient (Wildman–Crippen LogP) is 5.76. The zero-order chi connectivity index (χ0) is 16.3. The van der Waals surface area contributed by atoms with Gasteiger partial charge in [0.1, 0.15) is 0 Å². The second kappa shape index (κ2) is 18.9. The fraction of sp³-hybridized carbons (Fsp3) is 0.944. The fourth-order valence-electron chi connectivity index (χ4n) is 2.75. The molecule has 0 amide bonds. The Morgan fingerprint density at radius 2 is 1.05 bits per heavy atom.